The molecule has 2 rings (SSSR count). The maximum absolute atomic E-state index is 13.8. The summed E-state index contributed by atoms with van der Waals surface area (Å²) in [5.41, 5.74) is -1.96. The summed E-state index contributed by atoms with van der Waals surface area (Å²) in [5.74, 6) is -1.81. The number of rotatable bonds is 3. The van der Waals surface area contributed by atoms with Crippen LogP contribution < -0.4 is 0 Å². The molecule has 19 heavy (non-hydrogen) atoms. The van der Waals surface area contributed by atoms with Crippen LogP contribution in [0.15, 0.2) is 30.1 Å². The van der Waals surface area contributed by atoms with Crippen LogP contribution in [0, 0.1) is 5.82 Å². The lowest BCUT2D eigenvalue weighted by molar-refractivity contribution is -0.137. The summed E-state index contributed by atoms with van der Waals surface area (Å²) in [6, 6.07) is 2.23. The second-order valence-electron chi connectivity index (χ2n) is 4.60. The van der Waals surface area contributed by atoms with Crippen LogP contribution in [0.25, 0.3) is 0 Å². The highest BCUT2D eigenvalue weighted by Gasteiger charge is 2.45. The zero-order valence-electron chi connectivity index (χ0n) is 9.77. The fraction of sp³-hybridized carbons (Fsp3) is 0.385. The standard InChI is InChI=1S/C13H11F5O/c14-9(7-19)6-12(3-4-12)10-2-1-8(5-11(10)15)13(16,17)18/h1-2,5-6,19H,3-4,7H2/b9-6+. The molecule has 0 aliphatic heterocycles. The molecule has 1 aliphatic carbocycles. The van der Waals surface area contributed by atoms with Gasteiger partial charge < -0.3 is 5.11 Å². The van der Waals surface area contributed by atoms with Crippen molar-refractivity contribution >= 4 is 0 Å². The molecular weight excluding hydrogens is 267 g/mol. The molecule has 0 bridgehead atoms. The summed E-state index contributed by atoms with van der Waals surface area (Å²) in [7, 11) is 0. The highest BCUT2D eigenvalue weighted by atomic mass is 19.4. The Kier molecular flexibility index (Phi) is 3.38. The minimum absolute atomic E-state index is 0.0316. The summed E-state index contributed by atoms with van der Waals surface area (Å²) >= 11 is 0. The van der Waals surface area contributed by atoms with Crippen molar-refractivity contribution in [2.24, 2.45) is 0 Å². The first kappa shape index (κ1) is 14.0. The average Bonchev–Trinajstić information content (AvgIpc) is 3.08. The van der Waals surface area contributed by atoms with E-state index in [0.29, 0.717) is 18.9 Å². The Bertz CT molecular complexity index is 514. The quantitative estimate of drug-likeness (QED) is 0.835. The number of aliphatic hydroxyl groups excluding tert-OH is 1. The first-order chi connectivity index (χ1) is 8.78. The highest BCUT2D eigenvalue weighted by Crippen LogP contribution is 2.51. The molecule has 0 radical (unpaired) electrons. The van der Waals surface area contributed by atoms with E-state index in [1.54, 1.807) is 0 Å². The van der Waals surface area contributed by atoms with Crippen LogP contribution in [-0.2, 0) is 11.6 Å². The zero-order chi connectivity index (χ0) is 14.3. The molecule has 6 heteroatoms. The third kappa shape index (κ3) is 2.78. The minimum atomic E-state index is -4.61. The monoisotopic (exact) mass is 278 g/mol. The molecule has 0 unspecified atom stereocenters. The van der Waals surface area contributed by atoms with Gasteiger partial charge in [-0.15, -0.1) is 0 Å². The van der Waals surface area contributed by atoms with Gasteiger partial charge >= 0.3 is 6.18 Å². The third-order valence-electron chi connectivity index (χ3n) is 3.21. The van der Waals surface area contributed by atoms with Gasteiger partial charge in [0.25, 0.3) is 0 Å². The van der Waals surface area contributed by atoms with E-state index in [9.17, 15) is 22.0 Å². The Morgan fingerprint density at radius 2 is 1.95 bits per heavy atom. The molecule has 1 aromatic carbocycles. The maximum atomic E-state index is 13.8. The van der Waals surface area contributed by atoms with E-state index in [-0.39, 0.29) is 5.56 Å². The van der Waals surface area contributed by atoms with Gasteiger partial charge in [0.1, 0.15) is 11.6 Å². The summed E-state index contributed by atoms with van der Waals surface area (Å²) in [4.78, 5) is 0. The summed E-state index contributed by atoms with van der Waals surface area (Å²) in [6.07, 6.45) is -2.63. The first-order valence-electron chi connectivity index (χ1n) is 5.64. The van der Waals surface area contributed by atoms with E-state index < -0.39 is 35.4 Å². The molecule has 1 saturated carbocycles. The predicted molar refractivity (Wildman–Crippen MR) is 58.6 cm³/mol. The van der Waals surface area contributed by atoms with Gasteiger partial charge in [0.15, 0.2) is 0 Å². The van der Waals surface area contributed by atoms with E-state index in [4.69, 9.17) is 5.11 Å². The molecule has 0 spiro atoms. The van der Waals surface area contributed by atoms with Crippen LogP contribution in [0.4, 0.5) is 22.0 Å². The molecule has 1 fully saturated rings. The van der Waals surface area contributed by atoms with Crippen molar-refractivity contribution in [3.8, 4) is 0 Å². The average molecular weight is 278 g/mol. The topological polar surface area (TPSA) is 20.2 Å². The van der Waals surface area contributed by atoms with E-state index >= 15 is 0 Å². The number of hydrogen-bond donors (Lipinski definition) is 1. The third-order valence-corrected chi connectivity index (χ3v) is 3.21. The van der Waals surface area contributed by atoms with Crippen molar-refractivity contribution in [3.05, 3.63) is 47.0 Å². The second-order valence-corrected chi connectivity index (χ2v) is 4.60. The number of allylic oxidation sites excluding steroid dienone is 1. The van der Waals surface area contributed by atoms with E-state index in [0.717, 1.165) is 18.2 Å². The Hall–Kier alpha value is -1.43. The summed E-state index contributed by atoms with van der Waals surface area (Å²) in [6.45, 7) is -0.802. The molecule has 1 nitrogen and oxygen atoms in total. The molecule has 1 aliphatic rings. The number of aliphatic hydroxyl groups is 1. The van der Waals surface area contributed by atoms with Gasteiger partial charge in [-0.05, 0) is 36.6 Å². The smallest absolute Gasteiger partial charge is 0.389 e. The van der Waals surface area contributed by atoms with Crippen molar-refractivity contribution < 1.29 is 27.1 Å². The zero-order valence-corrected chi connectivity index (χ0v) is 9.77. The number of alkyl halides is 3. The van der Waals surface area contributed by atoms with Gasteiger partial charge in [-0.25, -0.2) is 8.78 Å². The van der Waals surface area contributed by atoms with Crippen molar-refractivity contribution in [2.75, 3.05) is 6.61 Å². The molecule has 1 N–H and O–H groups in total. The lowest BCUT2D eigenvalue weighted by Gasteiger charge is -2.14. The van der Waals surface area contributed by atoms with Crippen molar-refractivity contribution in [3.63, 3.8) is 0 Å². The van der Waals surface area contributed by atoms with Crippen LogP contribution >= 0.6 is 0 Å². The molecule has 104 valence electrons. The van der Waals surface area contributed by atoms with Crippen LogP contribution in [-0.4, -0.2) is 11.7 Å². The molecule has 0 amide bonds. The van der Waals surface area contributed by atoms with Crippen LogP contribution in [0.5, 0.6) is 0 Å². The fourth-order valence-electron chi connectivity index (χ4n) is 2.07. The molecule has 1 aromatic rings. The van der Waals surface area contributed by atoms with Crippen LogP contribution in [0.1, 0.15) is 24.0 Å². The second kappa shape index (κ2) is 4.59. The van der Waals surface area contributed by atoms with E-state index in [1.807, 2.05) is 0 Å². The van der Waals surface area contributed by atoms with Gasteiger partial charge in [-0.2, -0.15) is 13.2 Å². The Balaban J connectivity index is 2.38. The lowest BCUT2D eigenvalue weighted by atomic mass is 9.93. The van der Waals surface area contributed by atoms with Gasteiger partial charge in [-0.1, -0.05) is 6.07 Å². The molecule has 0 saturated heterocycles. The van der Waals surface area contributed by atoms with Crippen molar-refractivity contribution in [1.82, 2.24) is 0 Å². The normalized spacial score (nSPS) is 18.5. The Labute approximate surface area is 106 Å². The van der Waals surface area contributed by atoms with Crippen LogP contribution in [0.3, 0.4) is 0 Å². The summed E-state index contributed by atoms with van der Waals surface area (Å²) < 4.78 is 64.0. The van der Waals surface area contributed by atoms with Crippen molar-refractivity contribution in [2.45, 2.75) is 24.4 Å². The van der Waals surface area contributed by atoms with E-state index in [1.165, 1.54) is 0 Å². The van der Waals surface area contributed by atoms with Gasteiger partial charge in [-0.3, -0.25) is 0 Å². The minimum Gasteiger partial charge on any atom is -0.389 e. The maximum Gasteiger partial charge on any atom is 0.416 e. The van der Waals surface area contributed by atoms with Gasteiger partial charge in [0, 0.05) is 5.41 Å². The van der Waals surface area contributed by atoms with Gasteiger partial charge in [0.05, 0.1) is 12.2 Å². The van der Waals surface area contributed by atoms with Crippen molar-refractivity contribution in [1.29, 1.82) is 0 Å². The lowest BCUT2D eigenvalue weighted by Crippen LogP contribution is -2.11. The molecule has 0 heterocycles. The van der Waals surface area contributed by atoms with E-state index in [2.05, 4.69) is 0 Å². The van der Waals surface area contributed by atoms with Crippen LogP contribution in [0.2, 0.25) is 0 Å². The Morgan fingerprint density at radius 1 is 1.32 bits per heavy atom. The molecular formula is C13H11F5O. The molecule has 0 atom stereocenters. The SMILES string of the molecule is OC/C(F)=C\C1(c2ccc(C(F)(F)F)cc2F)CC1. The highest BCUT2D eigenvalue weighted by molar-refractivity contribution is 5.41. The number of halogens is 5. The Morgan fingerprint density at radius 3 is 2.37 bits per heavy atom. The van der Waals surface area contributed by atoms with Gasteiger partial charge in [0.2, 0.25) is 0 Å². The number of benzene rings is 1. The fourth-order valence-corrected chi connectivity index (χ4v) is 2.07. The summed E-state index contributed by atoms with van der Waals surface area (Å²) in [5, 5.41) is 8.61. The number of hydrogen-bond acceptors (Lipinski definition) is 1. The predicted octanol–water partition coefficient (Wildman–Crippen LogP) is 3.72. The first-order valence-corrected chi connectivity index (χ1v) is 5.64. The molecule has 0 aromatic heterocycles. The largest absolute Gasteiger partial charge is 0.416 e.